The minimum absolute atomic E-state index is 0.407. The Morgan fingerprint density at radius 3 is 2.81 bits per heavy atom. The van der Waals surface area contributed by atoms with E-state index in [1.54, 1.807) is 13.0 Å². The first kappa shape index (κ1) is 10.6. The largest absolute Gasteiger partial charge is 0.486 e. The summed E-state index contributed by atoms with van der Waals surface area (Å²) >= 11 is 0. The van der Waals surface area contributed by atoms with Crippen molar-refractivity contribution in [1.82, 2.24) is 0 Å². The summed E-state index contributed by atoms with van der Waals surface area (Å²) in [6.07, 6.45) is 0. The van der Waals surface area contributed by atoms with E-state index in [2.05, 4.69) is 4.74 Å². The van der Waals surface area contributed by atoms with Gasteiger partial charge in [-0.1, -0.05) is 0 Å². The monoisotopic (exact) mass is 223 g/mol. The van der Waals surface area contributed by atoms with E-state index in [-0.39, 0.29) is 0 Å². The summed E-state index contributed by atoms with van der Waals surface area (Å²) < 4.78 is 15.5. The number of carbonyl (C=O) groups is 1. The van der Waals surface area contributed by atoms with E-state index in [1.807, 2.05) is 0 Å². The average Bonchev–Trinajstić information content (AvgIpc) is 2.33. The average molecular weight is 223 g/mol. The van der Waals surface area contributed by atoms with Crippen LogP contribution in [0.3, 0.4) is 0 Å². The minimum Gasteiger partial charge on any atom is -0.486 e. The number of hydrogen-bond donors (Lipinski definition) is 1. The van der Waals surface area contributed by atoms with Gasteiger partial charge in [-0.3, -0.25) is 0 Å². The topological polar surface area (TPSA) is 70.8 Å². The Morgan fingerprint density at radius 2 is 2.12 bits per heavy atom. The van der Waals surface area contributed by atoms with Crippen LogP contribution in [0.2, 0.25) is 0 Å². The number of nitrogens with two attached hydrogens (primary N) is 1. The van der Waals surface area contributed by atoms with Crippen LogP contribution in [0, 0.1) is 6.92 Å². The third-order valence-corrected chi connectivity index (χ3v) is 2.54. The van der Waals surface area contributed by atoms with Gasteiger partial charge in [0.1, 0.15) is 13.2 Å². The van der Waals surface area contributed by atoms with Gasteiger partial charge in [-0.15, -0.1) is 0 Å². The van der Waals surface area contributed by atoms with E-state index in [0.29, 0.717) is 41.5 Å². The number of methoxy groups -OCH3 is 1. The third kappa shape index (κ3) is 1.54. The molecule has 2 N–H and O–H groups in total. The van der Waals surface area contributed by atoms with E-state index in [1.165, 1.54) is 7.11 Å². The van der Waals surface area contributed by atoms with Crippen molar-refractivity contribution in [3.05, 3.63) is 17.2 Å². The maximum absolute atomic E-state index is 11.5. The molecule has 0 fully saturated rings. The molecule has 5 heteroatoms. The van der Waals surface area contributed by atoms with Crippen LogP contribution >= 0.6 is 0 Å². The van der Waals surface area contributed by atoms with Crippen molar-refractivity contribution < 1.29 is 19.0 Å². The van der Waals surface area contributed by atoms with Gasteiger partial charge in [0.15, 0.2) is 11.5 Å². The molecule has 5 nitrogen and oxygen atoms in total. The van der Waals surface area contributed by atoms with Crippen LogP contribution in [0.5, 0.6) is 11.5 Å². The molecule has 1 aliphatic rings. The minimum atomic E-state index is -0.429. The van der Waals surface area contributed by atoms with Gasteiger partial charge in [0.25, 0.3) is 0 Å². The third-order valence-electron chi connectivity index (χ3n) is 2.54. The van der Waals surface area contributed by atoms with Crippen molar-refractivity contribution >= 4 is 11.7 Å². The second-order valence-corrected chi connectivity index (χ2v) is 3.48. The molecule has 0 aromatic heterocycles. The fraction of sp³-hybridized carbons (Fsp3) is 0.364. The molecule has 0 bridgehead atoms. The number of nitrogen functional groups attached to an aromatic ring is 1. The SMILES string of the molecule is COC(=O)c1cc2c(c(N)c1C)OCCO2. The molecule has 0 saturated carbocycles. The quantitative estimate of drug-likeness (QED) is 0.571. The Kier molecular flexibility index (Phi) is 2.60. The summed E-state index contributed by atoms with van der Waals surface area (Å²) in [6, 6.07) is 1.60. The summed E-state index contributed by atoms with van der Waals surface area (Å²) in [4.78, 5) is 11.5. The van der Waals surface area contributed by atoms with Gasteiger partial charge in [-0.2, -0.15) is 0 Å². The Bertz CT molecular complexity index is 442. The first-order chi connectivity index (χ1) is 7.65. The summed E-state index contributed by atoms with van der Waals surface area (Å²) in [6.45, 7) is 2.67. The molecule has 1 aliphatic heterocycles. The van der Waals surface area contributed by atoms with Crippen LogP contribution in [0.4, 0.5) is 5.69 Å². The van der Waals surface area contributed by atoms with Gasteiger partial charge in [0.2, 0.25) is 0 Å². The number of carbonyl (C=O) groups excluding carboxylic acids is 1. The second-order valence-electron chi connectivity index (χ2n) is 3.48. The van der Waals surface area contributed by atoms with Crippen LogP contribution in [0.25, 0.3) is 0 Å². The predicted molar refractivity (Wildman–Crippen MR) is 57.9 cm³/mol. The highest BCUT2D eigenvalue weighted by atomic mass is 16.6. The zero-order valence-corrected chi connectivity index (χ0v) is 9.20. The smallest absolute Gasteiger partial charge is 0.338 e. The van der Waals surface area contributed by atoms with Gasteiger partial charge >= 0.3 is 5.97 Å². The van der Waals surface area contributed by atoms with Crippen molar-refractivity contribution in [2.24, 2.45) is 0 Å². The second kappa shape index (κ2) is 3.92. The maximum atomic E-state index is 11.5. The highest BCUT2D eigenvalue weighted by Gasteiger charge is 2.22. The van der Waals surface area contributed by atoms with Crippen molar-refractivity contribution in [3.8, 4) is 11.5 Å². The lowest BCUT2D eigenvalue weighted by atomic mass is 10.0. The fourth-order valence-corrected chi connectivity index (χ4v) is 1.63. The van der Waals surface area contributed by atoms with Crippen LogP contribution in [0.15, 0.2) is 6.07 Å². The molecule has 0 unspecified atom stereocenters. The van der Waals surface area contributed by atoms with Gasteiger partial charge in [0, 0.05) is 0 Å². The maximum Gasteiger partial charge on any atom is 0.338 e. The number of fused-ring (bicyclic) bond motifs is 1. The van der Waals surface area contributed by atoms with E-state index >= 15 is 0 Å². The van der Waals surface area contributed by atoms with E-state index in [9.17, 15) is 4.79 Å². The van der Waals surface area contributed by atoms with Crippen LogP contribution < -0.4 is 15.2 Å². The molecule has 1 aromatic rings. The zero-order chi connectivity index (χ0) is 11.7. The van der Waals surface area contributed by atoms with Crippen molar-refractivity contribution in [3.63, 3.8) is 0 Å². The highest BCUT2D eigenvalue weighted by Crippen LogP contribution is 2.39. The molecule has 0 radical (unpaired) electrons. The Balaban J connectivity index is 2.57. The Morgan fingerprint density at radius 1 is 1.44 bits per heavy atom. The Hall–Kier alpha value is -1.91. The van der Waals surface area contributed by atoms with E-state index in [0.717, 1.165) is 0 Å². The summed E-state index contributed by atoms with van der Waals surface area (Å²) in [5.74, 6) is 0.576. The summed E-state index contributed by atoms with van der Waals surface area (Å²) in [5, 5.41) is 0. The summed E-state index contributed by atoms with van der Waals surface area (Å²) in [7, 11) is 1.33. The van der Waals surface area contributed by atoms with Gasteiger partial charge in [-0.25, -0.2) is 4.79 Å². The highest BCUT2D eigenvalue weighted by molar-refractivity contribution is 5.94. The van der Waals surface area contributed by atoms with Gasteiger partial charge in [0.05, 0.1) is 18.4 Å². The molecule has 1 aromatic carbocycles. The van der Waals surface area contributed by atoms with Gasteiger partial charge in [-0.05, 0) is 18.6 Å². The van der Waals surface area contributed by atoms with Crippen LogP contribution in [-0.2, 0) is 4.74 Å². The number of benzene rings is 1. The van der Waals surface area contributed by atoms with Gasteiger partial charge < -0.3 is 19.9 Å². The first-order valence-corrected chi connectivity index (χ1v) is 4.92. The zero-order valence-electron chi connectivity index (χ0n) is 9.20. The van der Waals surface area contributed by atoms with Crippen molar-refractivity contribution in [2.75, 3.05) is 26.1 Å². The number of esters is 1. The van der Waals surface area contributed by atoms with Crippen molar-refractivity contribution in [2.45, 2.75) is 6.92 Å². The molecule has 0 atom stereocenters. The fourth-order valence-electron chi connectivity index (χ4n) is 1.63. The molecule has 86 valence electrons. The molecule has 0 aliphatic carbocycles. The van der Waals surface area contributed by atoms with Crippen LogP contribution in [-0.4, -0.2) is 26.3 Å². The van der Waals surface area contributed by atoms with Crippen molar-refractivity contribution in [1.29, 1.82) is 0 Å². The first-order valence-electron chi connectivity index (χ1n) is 4.92. The Labute approximate surface area is 93.1 Å². The molecule has 16 heavy (non-hydrogen) atoms. The molecule has 0 spiro atoms. The molecular formula is C11H13NO4. The molecule has 1 heterocycles. The standard InChI is InChI=1S/C11H13NO4/c1-6-7(11(13)14-2)5-8-10(9(6)12)16-4-3-15-8/h5H,3-4,12H2,1-2H3. The van der Waals surface area contributed by atoms with Crippen LogP contribution in [0.1, 0.15) is 15.9 Å². The number of hydrogen-bond acceptors (Lipinski definition) is 5. The lowest BCUT2D eigenvalue weighted by molar-refractivity contribution is 0.0599. The molecule has 0 amide bonds. The lowest BCUT2D eigenvalue weighted by Crippen LogP contribution is -2.18. The number of rotatable bonds is 1. The molecular weight excluding hydrogens is 210 g/mol. The molecule has 0 saturated heterocycles. The normalized spacial score (nSPS) is 13.4. The van der Waals surface area contributed by atoms with E-state index in [4.69, 9.17) is 15.2 Å². The summed E-state index contributed by atoms with van der Waals surface area (Å²) in [5.41, 5.74) is 7.37. The lowest BCUT2D eigenvalue weighted by Gasteiger charge is -2.22. The number of ether oxygens (including phenoxy) is 3. The predicted octanol–water partition coefficient (Wildman–Crippen LogP) is 1.14. The molecule has 2 rings (SSSR count). The van der Waals surface area contributed by atoms with E-state index < -0.39 is 5.97 Å². The number of anilines is 1.